The molecule has 0 amide bonds. The van der Waals surface area contributed by atoms with Crippen LogP contribution in [0.5, 0.6) is 5.75 Å². The number of hydrogen-bond acceptors (Lipinski definition) is 4. The predicted octanol–water partition coefficient (Wildman–Crippen LogP) is 1.62. The molecule has 6 heteroatoms. The van der Waals surface area contributed by atoms with Gasteiger partial charge in [0.25, 0.3) is 0 Å². The number of aliphatic hydroxyl groups is 1. The lowest BCUT2D eigenvalue weighted by Crippen LogP contribution is -2.25. The van der Waals surface area contributed by atoms with Gasteiger partial charge in [-0.05, 0) is 12.1 Å². The number of benzene rings is 1. The highest BCUT2D eigenvalue weighted by Gasteiger charge is 2.07. The zero-order chi connectivity index (χ0) is 11.3. The average Bonchev–Trinajstić information content (AvgIpc) is 2.20. The molecule has 4 nitrogen and oxygen atoms in total. The number of hydrogen-bond donors (Lipinski definition) is 2. The van der Waals surface area contributed by atoms with E-state index >= 15 is 0 Å². The van der Waals surface area contributed by atoms with E-state index in [2.05, 4.69) is 4.84 Å². The van der Waals surface area contributed by atoms with Crippen molar-refractivity contribution in [2.24, 2.45) is 5.90 Å². The summed E-state index contributed by atoms with van der Waals surface area (Å²) in [6.07, 6.45) is -0.801. The predicted molar refractivity (Wildman–Crippen MR) is 58.1 cm³/mol. The molecule has 1 rings (SSSR count). The molecule has 0 aromatic heterocycles. The fourth-order valence-corrected chi connectivity index (χ4v) is 1.27. The zero-order valence-electron chi connectivity index (χ0n) is 7.82. The van der Waals surface area contributed by atoms with Crippen molar-refractivity contribution in [3.63, 3.8) is 0 Å². The van der Waals surface area contributed by atoms with E-state index in [1.807, 2.05) is 0 Å². The van der Waals surface area contributed by atoms with Gasteiger partial charge in [-0.2, -0.15) is 0 Å². The topological polar surface area (TPSA) is 64.7 Å². The zero-order valence-corrected chi connectivity index (χ0v) is 9.33. The minimum absolute atomic E-state index is 0.00180. The van der Waals surface area contributed by atoms with E-state index in [1.165, 1.54) is 0 Å². The summed E-state index contributed by atoms with van der Waals surface area (Å²) < 4.78 is 5.23. The van der Waals surface area contributed by atoms with Crippen molar-refractivity contribution >= 4 is 23.2 Å². The van der Waals surface area contributed by atoms with E-state index in [9.17, 15) is 5.11 Å². The lowest BCUT2D eigenvalue weighted by atomic mass is 10.3. The Morgan fingerprint density at radius 1 is 1.33 bits per heavy atom. The molecule has 1 atom stereocenters. The van der Waals surface area contributed by atoms with Gasteiger partial charge in [-0.15, -0.1) is 0 Å². The summed E-state index contributed by atoms with van der Waals surface area (Å²) >= 11 is 11.6. The molecular weight excluding hydrogens is 241 g/mol. The van der Waals surface area contributed by atoms with Crippen LogP contribution in [-0.4, -0.2) is 24.4 Å². The first-order valence-corrected chi connectivity index (χ1v) is 4.96. The first-order chi connectivity index (χ1) is 7.13. The normalized spacial score (nSPS) is 12.5. The molecule has 1 aromatic rings. The van der Waals surface area contributed by atoms with Gasteiger partial charge < -0.3 is 14.7 Å². The Labute approximate surface area is 97.4 Å². The fraction of sp³-hybridized carbons (Fsp3) is 0.333. The van der Waals surface area contributed by atoms with Gasteiger partial charge in [-0.3, -0.25) is 0 Å². The first-order valence-electron chi connectivity index (χ1n) is 4.21. The Balaban J connectivity index is 2.53. The van der Waals surface area contributed by atoms with Gasteiger partial charge in [-0.1, -0.05) is 23.2 Å². The van der Waals surface area contributed by atoms with Crippen molar-refractivity contribution in [1.29, 1.82) is 0 Å². The standard InChI is InChI=1S/C9H11Cl2NO3/c10-6-1-2-8(11)9(3-6)14-4-7(13)5-15-12/h1-3,7,13H,4-5,12H2. The molecule has 0 spiro atoms. The van der Waals surface area contributed by atoms with E-state index < -0.39 is 6.10 Å². The number of nitrogens with two attached hydrogens (primary N) is 1. The van der Waals surface area contributed by atoms with Gasteiger partial charge in [0.15, 0.2) is 0 Å². The molecule has 0 saturated carbocycles. The van der Waals surface area contributed by atoms with E-state index in [0.29, 0.717) is 15.8 Å². The van der Waals surface area contributed by atoms with Crippen molar-refractivity contribution in [3.8, 4) is 5.75 Å². The van der Waals surface area contributed by atoms with Gasteiger partial charge in [0.05, 0.1) is 11.6 Å². The molecule has 0 aliphatic heterocycles. The van der Waals surface area contributed by atoms with Gasteiger partial charge in [-0.25, -0.2) is 5.90 Å². The van der Waals surface area contributed by atoms with Crippen molar-refractivity contribution in [2.75, 3.05) is 13.2 Å². The van der Waals surface area contributed by atoms with Crippen LogP contribution in [0.3, 0.4) is 0 Å². The van der Waals surface area contributed by atoms with Crippen LogP contribution in [0.25, 0.3) is 0 Å². The molecular formula is C9H11Cl2NO3. The molecule has 0 aliphatic rings. The molecule has 0 fully saturated rings. The Morgan fingerprint density at radius 3 is 2.73 bits per heavy atom. The second kappa shape index (κ2) is 6.15. The van der Waals surface area contributed by atoms with Crippen LogP contribution in [0.1, 0.15) is 0 Å². The minimum atomic E-state index is -0.801. The van der Waals surface area contributed by atoms with Gasteiger partial charge >= 0.3 is 0 Å². The highest BCUT2D eigenvalue weighted by atomic mass is 35.5. The SMILES string of the molecule is NOCC(O)COc1cc(Cl)ccc1Cl. The molecule has 0 heterocycles. The lowest BCUT2D eigenvalue weighted by molar-refractivity contribution is 0.0116. The Hall–Kier alpha value is -0.520. The van der Waals surface area contributed by atoms with Crippen LogP contribution in [0.4, 0.5) is 0 Å². The smallest absolute Gasteiger partial charge is 0.139 e. The van der Waals surface area contributed by atoms with Crippen LogP contribution in [0, 0.1) is 0 Å². The van der Waals surface area contributed by atoms with Crippen LogP contribution in [-0.2, 0) is 4.84 Å². The van der Waals surface area contributed by atoms with Gasteiger partial charge in [0.2, 0.25) is 0 Å². The van der Waals surface area contributed by atoms with Crippen LogP contribution < -0.4 is 10.6 Å². The monoisotopic (exact) mass is 251 g/mol. The Bertz CT molecular complexity index is 322. The summed E-state index contributed by atoms with van der Waals surface area (Å²) in [4.78, 5) is 4.26. The van der Waals surface area contributed by atoms with Crippen molar-refractivity contribution in [2.45, 2.75) is 6.10 Å². The van der Waals surface area contributed by atoms with Crippen LogP contribution >= 0.6 is 23.2 Å². The molecule has 0 radical (unpaired) electrons. The van der Waals surface area contributed by atoms with E-state index in [1.54, 1.807) is 18.2 Å². The fourth-order valence-electron chi connectivity index (χ4n) is 0.933. The third-order valence-electron chi connectivity index (χ3n) is 1.61. The number of aliphatic hydroxyl groups excluding tert-OH is 1. The first kappa shape index (κ1) is 12.5. The summed E-state index contributed by atoms with van der Waals surface area (Å²) in [5.41, 5.74) is 0. The lowest BCUT2D eigenvalue weighted by Gasteiger charge is -2.12. The molecule has 0 aliphatic carbocycles. The van der Waals surface area contributed by atoms with Gasteiger partial charge in [0, 0.05) is 11.1 Å². The maximum Gasteiger partial charge on any atom is 0.139 e. The van der Waals surface area contributed by atoms with E-state index in [4.69, 9.17) is 33.8 Å². The van der Waals surface area contributed by atoms with E-state index in [-0.39, 0.29) is 13.2 Å². The maximum absolute atomic E-state index is 9.26. The number of ether oxygens (including phenoxy) is 1. The summed E-state index contributed by atoms with van der Waals surface area (Å²) in [7, 11) is 0. The van der Waals surface area contributed by atoms with Gasteiger partial charge in [0.1, 0.15) is 18.5 Å². The molecule has 3 N–H and O–H groups in total. The third-order valence-corrected chi connectivity index (χ3v) is 2.16. The average molecular weight is 252 g/mol. The molecule has 15 heavy (non-hydrogen) atoms. The highest BCUT2D eigenvalue weighted by molar-refractivity contribution is 6.34. The summed E-state index contributed by atoms with van der Waals surface area (Å²) in [6, 6.07) is 4.83. The summed E-state index contributed by atoms with van der Waals surface area (Å²) in [6.45, 7) is 0.0371. The second-order valence-electron chi connectivity index (χ2n) is 2.87. The molecule has 84 valence electrons. The largest absolute Gasteiger partial charge is 0.489 e. The third kappa shape index (κ3) is 4.24. The molecule has 1 unspecified atom stereocenters. The van der Waals surface area contributed by atoms with E-state index in [0.717, 1.165) is 0 Å². The van der Waals surface area contributed by atoms with Crippen molar-refractivity contribution in [3.05, 3.63) is 28.2 Å². The summed E-state index contributed by atoms with van der Waals surface area (Å²) in [5, 5.41) is 10.2. The maximum atomic E-state index is 9.26. The van der Waals surface area contributed by atoms with Crippen LogP contribution in [0.15, 0.2) is 18.2 Å². The summed E-state index contributed by atoms with van der Waals surface area (Å²) in [5.74, 6) is 5.21. The number of rotatable bonds is 5. The van der Waals surface area contributed by atoms with Crippen molar-refractivity contribution in [1.82, 2.24) is 0 Å². The van der Waals surface area contributed by atoms with Crippen molar-refractivity contribution < 1.29 is 14.7 Å². The Morgan fingerprint density at radius 2 is 2.07 bits per heavy atom. The molecule has 1 aromatic carbocycles. The number of halogens is 2. The highest BCUT2D eigenvalue weighted by Crippen LogP contribution is 2.27. The second-order valence-corrected chi connectivity index (χ2v) is 3.72. The van der Waals surface area contributed by atoms with Crippen LogP contribution in [0.2, 0.25) is 10.0 Å². The quantitative estimate of drug-likeness (QED) is 0.781. The molecule has 0 saturated heterocycles. The minimum Gasteiger partial charge on any atom is -0.489 e. The molecule has 0 bridgehead atoms. The Kier molecular flexibility index (Phi) is 5.14.